The van der Waals surface area contributed by atoms with Gasteiger partial charge in [0, 0.05) is 12.8 Å². The summed E-state index contributed by atoms with van der Waals surface area (Å²) in [5, 5.41) is 36.6. The number of aromatic hydroxyl groups is 1. The molecule has 2 aromatic carbocycles. The van der Waals surface area contributed by atoms with E-state index in [2.05, 4.69) is 16.0 Å². The first-order valence-corrected chi connectivity index (χ1v) is 13.8. The minimum atomic E-state index is -1.30. The highest BCUT2D eigenvalue weighted by atomic mass is 32.2. The van der Waals surface area contributed by atoms with Crippen LogP contribution in [0.25, 0.3) is 0 Å². The van der Waals surface area contributed by atoms with Crippen LogP contribution in [0.15, 0.2) is 54.6 Å². The molecule has 5 atom stereocenters. The zero-order valence-electron chi connectivity index (χ0n) is 21.9. The number of aliphatic hydroxyl groups is 1. The number of amides is 3. The Hall–Kier alpha value is -3.61. The van der Waals surface area contributed by atoms with Crippen molar-refractivity contribution in [3.05, 3.63) is 65.7 Å². The number of phenols is 1. The van der Waals surface area contributed by atoms with Gasteiger partial charge in [-0.05, 0) is 48.6 Å². The monoisotopic (exact) mass is 560 g/mol. The first kappa shape index (κ1) is 31.6. The van der Waals surface area contributed by atoms with E-state index in [1.165, 1.54) is 30.8 Å². The molecule has 5 unspecified atom stereocenters. The Morgan fingerprint density at radius 1 is 0.821 bits per heavy atom. The fourth-order valence-electron chi connectivity index (χ4n) is 3.66. The van der Waals surface area contributed by atoms with E-state index in [0.29, 0.717) is 11.3 Å². The number of hydrogen-bond donors (Lipinski definition) is 7. The molecule has 0 heterocycles. The van der Waals surface area contributed by atoms with Gasteiger partial charge in [0.15, 0.2) is 0 Å². The summed E-state index contributed by atoms with van der Waals surface area (Å²) in [5.41, 5.74) is 7.08. The van der Waals surface area contributed by atoms with Crippen molar-refractivity contribution in [2.24, 2.45) is 5.73 Å². The molecule has 0 saturated carbocycles. The van der Waals surface area contributed by atoms with E-state index in [0.717, 1.165) is 5.56 Å². The minimum Gasteiger partial charge on any atom is -0.508 e. The van der Waals surface area contributed by atoms with Gasteiger partial charge in [-0.25, -0.2) is 4.79 Å². The molecule has 0 saturated heterocycles. The minimum absolute atomic E-state index is 0.00443. The third-order valence-corrected chi connectivity index (χ3v) is 6.62. The van der Waals surface area contributed by atoms with Crippen molar-refractivity contribution in [2.45, 2.75) is 56.5 Å². The summed E-state index contributed by atoms with van der Waals surface area (Å²) in [4.78, 5) is 51.0. The number of aliphatic carboxylic acids is 1. The molecule has 39 heavy (non-hydrogen) atoms. The normalized spacial score (nSPS) is 14.8. The summed E-state index contributed by atoms with van der Waals surface area (Å²) in [5.74, 6) is -2.81. The Labute approximate surface area is 231 Å². The second-order valence-electron chi connectivity index (χ2n) is 9.13. The van der Waals surface area contributed by atoms with Gasteiger partial charge in [0.05, 0.1) is 6.10 Å². The number of aliphatic hydroxyl groups excluding tert-OH is 1. The van der Waals surface area contributed by atoms with Crippen LogP contribution in [0.2, 0.25) is 0 Å². The maximum absolute atomic E-state index is 13.5. The number of hydrogen-bond acceptors (Lipinski definition) is 8. The maximum Gasteiger partial charge on any atom is 0.326 e. The predicted octanol–water partition coefficient (Wildman–Crippen LogP) is 0.178. The van der Waals surface area contributed by atoms with Gasteiger partial charge in [-0.2, -0.15) is 11.8 Å². The van der Waals surface area contributed by atoms with Crippen molar-refractivity contribution in [1.82, 2.24) is 16.0 Å². The Kier molecular flexibility index (Phi) is 12.7. The lowest BCUT2D eigenvalue weighted by atomic mass is 10.0. The molecule has 3 amide bonds. The van der Waals surface area contributed by atoms with Gasteiger partial charge < -0.3 is 37.0 Å². The van der Waals surface area contributed by atoms with Gasteiger partial charge in [0.2, 0.25) is 17.7 Å². The molecule has 0 aromatic heterocycles. The largest absolute Gasteiger partial charge is 0.508 e. The highest BCUT2D eigenvalue weighted by Gasteiger charge is 2.31. The Balaban J connectivity index is 2.31. The Morgan fingerprint density at radius 2 is 1.31 bits per heavy atom. The van der Waals surface area contributed by atoms with Gasteiger partial charge >= 0.3 is 5.97 Å². The van der Waals surface area contributed by atoms with Crippen LogP contribution in [0.4, 0.5) is 0 Å². The van der Waals surface area contributed by atoms with Crippen molar-refractivity contribution >= 4 is 35.5 Å². The standard InChI is InChI=1S/C27H36N4O7S/c1-16(32)23(28)26(36)31-22(15-18-8-10-19(33)11-9-18)25(35)30-21(14-17-6-4-3-5-7-17)24(34)29-20(27(37)38)12-13-39-2/h3-11,16,20-23,32-33H,12-15,28H2,1-2H3,(H,29,34)(H,30,35)(H,31,36)(H,37,38). The molecule has 8 N–H and O–H groups in total. The Bertz CT molecular complexity index is 1100. The number of carbonyl (C=O) groups excluding carboxylic acids is 3. The second-order valence-corrected chi connectivity index (χ2v) is 10.1. The SMILES string of the molecule is CSCCC(NC(=O)C(Cc1ccccc1)NC(=O)C(Cc1ccc(O)cc1)NC(=O)C(N)C(C)O)C(=O)O. The molecule has 0 radical (unpaired) electrons. The van der Waals surface area contributed by atoms with E-state index in [9.17, 15) is 34.5 Å². The molecule has 0 aliphatic heterocycles. The highest BCUT2D eigenvalue weighted by Crippen LogP contribution is 2.13. The molecule has 212 valence electrons. The first-order valence-electron chi connectivity index (χ1n) is 12.4. The number of carboxylic acid groups (broad SMARTS) is 1. The van der Waals surface area contributed by atoms with Crippen molar-refractivity contribution in [3.8, 4) is 5.75 Å². The van der Waals surface area contributed by atoms with Crippen molar-refractivity contribution in [1.29, 1.82) is 0 Å². The van der Waals surface area contributed by atoms with Crippen LogP contribution in [0.3, 0.4) is 0 Å². The van der Waals surface area contributed by atoms with Gasteiger partial charge in [-0.3, -0.25) is 14.4 Å². The number of thioether (sulfide) groups is 1. The number of nitrogens with two attached hydrogens (primary N) is 1. The van der Waals surface area contributed by atoms with E-state index in [1.807, 2.05) is 6.26 Å². The van der Waals surface area contributed by atoms with Gasteiger partial charge in [0.25, 0.3) is 0 Å². The molecule has 0 bridgehead atoms. The van der Waals surface area contributed by atoms with Crippen LogP contribution in [0.5, 0.6) is 5.75 Å². The van der Waals surface area contributed by atoms with Crippen molar-refractivity contribution in [2.75, 3.05) is 12.0 Å². The van der Waals surface area contributed by atoms with E-state index in [1.54, 1.807) is 42.5 Å². The van der Waals surface area contributed by atoms with E-state index < -0.39 is 54.0 Å². The fraction of sp³-hybridized carbons (Fsp3) is 0.407. The lowest BCUT2D eigenvalue weighted by molar-refractivity contribution is -0.142. The van der Waals surface area contributed by atoms with Gasteiger partial charge in [-0.1, -0.05) is 42.5 Å². The summed E-state index contributed by atoms with van der Waals surface area (Å²) in [6.45, 7) is 1.34. The molecule has 2 rings (SSSR count). The van der Waals surface area contributed by atoms with Crippen LogP contribution in [0.1, 0.15) is 24.5 Å². The quantitative estimate of drug-likeness (QED) is 0.159. The van der Waals surface area contributed by atoms with Gasteiger partial charge in [-0.15, -0.1) is 0 Å². The van der Waals surface area contributed by atoms with E-state index in [-0.39, 0.29) is 25.0 Å². The number of nitrogens with one attached hydrogen (secondary N) is 3. The predicted molar refractivity (Wildman–Crippen MR) is 148 cm³/mol. The van der Waals surface area contributed by atoms with Gasteiger partial charge in [0.1, 0.15) is 29.9 Å². The zero-order chi connectivity index (χ0) is 28.9. The average molecular weight is 561 g/mol. The lowest BCUT2D eigenvalue weighted by Crippen LogP contribution is -2.59. The van der Waals surface area contributed by atoms with Crippen LogP contribution >= 0.6 is 11.8 Å². The molecular formula is C27H36N4O7S. The second kappa shape index (κ2) is 15.7. The first-order chi connectivity index (χ1) is 18.5. The molecular weight excluding hydrogens is 524 g/mol. The van der Waals surface area contributed by atoms with Crippen LogP contribution in [-0.4, -0.2) is 81.3 Å². The molecule has 12 heteroatoms. The summed E-state index contributed by atoms with van der Waals surface area (Å²) in [6, 6.07) is 10.1. The number of carbonyl (C=O) groups is 4. The summed E-state index contributed by atoms with van der Waals surface area (Å²) in [6.07, 6.45) is 0.916. The summed E-state index contributed by atoms with van der Waals surface area (Å²) < 4.78 is 0. The third kappa shape index (κ3) is 10.6. The average Bonchev–Trinajstić information content (AvgIpc) is 2.91. The summed E-state index contributed by atoms with van der Waals surface area (Å²) >= 11 is 1.44. The third-order valence-electron chi connectivity index (χ3n) is 5.97. The molecule has 0 aliphatic rings. The van der Waals surface area contributed by atoms with Crippen LogP contribution in [-0.2, 0) is 32.0 Å². The van der Waals surface area contributed by atoms with Crippen LogP contribution in [0, 0.1) is 0 Å². The van der Waals surface area contributed by atoms with E-state index >= 15 is 0 Å². The maximum atomic E-state index is 13.5. The Morgan fingerprint density at radius 3 is 1.79 bits per heavy atom. The molecule has 0 spiro atoms. The number of benzene rings is 2. The van der Waals surface area contributed by atoms with E-state index in [4.69, 9.17) is 5.73 Å². The van der Waals surface area contributed by atoms with Crippen molar-refractivity contribution in [3.63, 3.8) is 0 Å². The molecule has 11 nitrogen and oxygen atoms in total. The van der Waals surface area contributed by atoms with Crippen LogP contribution < -0.4 is 21.7 Å². The fourth-order valence-corrected chi connectivity index (χ4v) is 4.13. The number of rotatable bonds is 15. The molecule has 2 aromatic rings. The number of phenolic OH excluding ortho intramolecular Hbond substituents is 1. The lowest BCUT2D eigenvalue weighted by Gasteiger charge is -2.26. The van der Waals surface area contributed by atoms with Crippen molar-refractivity contribution < 1.29 is 34.5 Å². The molecule has 0 aliphatic carbocycles. The number of carboxylic acids is 1. The molecule has 0 fully saturated rings. The topological polar surface area (TPSA) is 191 Å². The zero-order valence-corrected chi connectivity index (χ0v) is 22.7. The smallest absolute Gasteiger partial charge is 0.326 e. The highest BCUT2D eigenvalue weighted by molar-refractivity contribution is 7.98. The summed E-state index contributed by atoms with van der Waals surface area (Å²) in [7, 11) is 0.